The second-order valence-corrected chi connectivity index (χ2v) is 6.31. The highest BCUT2D eigenvalue weighted by Gasteiger charge is 2.37. The van der Waals surface area contributed by atoms with Crippen LogP contribution in [0.25, 0.3) is 0 Å². The number of benzene rings is 1. The number of nitrogens with zero attached hydrogens (tertiary/aromatic N) is 2. The van der Waals surface area contributed by atoms with E-state index in [2.05, 4.69) is 15.7 Å². The standard InChI is InChI=1S/C17H17F5N4O/c18-11-4-5-13(12(19)8-11)24-16(27)23-6-1-7-26-14(10-2-3-10)9-15(25-26)17(20,21)22/h4-5,8-10H,1-3,6-7H2,(H2,23,24,27). The minimum absolute atomic E-state index is 0.103. The summed E-state index contributed by atoms with van der Waals surface area (Å²) in [5, 5.41) is 8.33. The van der Waals surface area contributed by atoms with E-state index in [0.29, 0.717) is 18.2 Å². The maximum atomic E-state index is 13.5. The predicted molar refractivity (Wildman–Crippen MR) is 87.2 cm³/mol. The number of halogens is 5. The first-order valence-electron chi connectivity index (χ1n) is 8.39. The van der Waals surface area contributed by atoms with Gasteiger partial charge < -0.3 is 10.6 Å². The summed E-state index contributed by atoms with van der Waals surface area (Å²) in [5.41, 5.74) is -0.533. The number of aryl methyl sites for hydroxylation is 1. The molecule has 1 aliphatic rings. The third kappa shape index (κ3) is 4.95. The molecule has 146 valence electrons. The Kier molecular flexibility index (Phi) is 5.33. The maximum absolute atomic E-state index is 13.5. The summed E-state index contributed by atoms with van der Waals surface area (Å²) in [5.74, 6) is -1.57. The second-order valence-electron chi connectivity index (χ2n) is 6.31. The Hall–Kier alpha value is -2.65. The van der Waals surface area contributed by atoms with Crippen molar-refractivity contribution in [2.45, 2.75) is 37.9 Å². The minimum atomic E-state index is -4.49. The first kappa shape index (κ1) is 19.1. The molecule has 3 rings (SSSR count). The van der Waals surface area contributed by atoms with Crippen molar-refractivity contribution < 1.29 is 26.7 Å². The van der Waals surface area contributed by atoms with Crippen molar-refractivity contribution in [1.82, 2.24) is 15.1 Å². The summed E-state index contributed by atoms with van der Waals surface area (Å²) in [6, 6.07) is 3.13. The fourth-order valence-electron chi connectivity index (χ4n) is 2.64. The van der Waals surface area contributed by atoms with Gasteiger partial charge in [-0.15, -0.1) is 0 Å². The summed E-state index contributed by atoms with van der Waals surface area (Å²) < 4.78 is 66.1. The monoisotopic (exact) mass is 388 g/mol. The first-order valence-corrected chi connectivity index (χ1v) is 8.39. The molecule has 0 unspecified atom stereocenters. The molecule has 0 atom stereocenters. The molecule has 0 radical (unpaired) electrons. The molecule has 5 nitrogen and oxygen atoms in total. The molecule has 2 N–H and O–H groups in total. The van der Waals surface area contributed by atoms with E-state index >= 15 is 0 Å². The van der Waals surface area contributed by atoms with Crippen LogP contribution in [-0.4, -0.2) is 22.4 Å². The lowest BCUT2D eigenvalue weighted by molar-refractivity contribution is -0.141. The summed E-state index contributed by atoms with van der Waals surface area (Å²) in [6.45, 7) is 0.368. The Balaban J connectivity index is 1.50. The number of urea groups is 1. The molecule has 1 aromatic carbocycles. The number of hydrogen-bond acceptors (Lipinski definition) is 2. The summed E-state index contributed by atoms with van der Waals surface area (Å²) in [6.07, 6.45) is -2.47. The fraction of sp³-hybridized carbons (Fsp3) is 0.412. The van der Waals surface area contributed by atoms with Crippen LogP contribution in [0.3, 0.4) is 0 Å². The molecule has 1 fully saturated rings. The summed E-state index contributed by atoms with van der Waals surface area (Å²) >= 11 is 0. The Morgan fingerprint density at radius 2 is 1.96 bits per heavy atom. The lowest BCUT2D eigenvalue weighted by Crippen LogP contribution is -2.30. The average Bonchev–Trinajstić information content (AvgIpc) is 3.33. The van der Waals surface area contributed by atoms with Crippen LogP contribution >= 0.6 is 0 Å². The van der Waals surface area contributed by atoms with Gasteiger partial charge in [-0.2, -0.15) is 18.3 Å². The van der Waals surface area contributed by atoms with Crippen molar-refractivity contribution in [3.8, 4) is 0 Å². The van der Waals surface area contributed by atoms with E-state index in [1.54, 1.807) is 0 Å². The van der Waals surface area contributed by atoms with Crippen LogP contribution in [0.2, 0.25) is 0 Å². The molecule has 0 bridgehead atoms. The fourth-order valence-corrected chi connectivity index (χ4v) is 2.64. The number of amides is 2. The van der Waals surface area contributed by atoms with Gasteiger partial charge >= 0.3 is 12.2 Å². The molecule has 1 aliphatic carbocycles. The Morgan fingerprint density at radius 3 is 2.59 bits per heavy atom. The van der Waals surface area contributed by atoms with E-state index in [4.69, 9.17) is 0 Å². The topological polar surface area (TPSA) is 59.0 Å². The highest BCUT2D eigenvalue weighted by Crippen LogP contribution is 2.42. The molecule has 1 heterocycles. The Morgan fingerprint density at radius 1 is 1.22 bits per heavy atom. The van der Waals surface area contributed by atoms with Crippen LogP contribution in [0.15, 0.2) is 24.3 Å². The van der Waals surface area contributed by atoms with Crippen LogP contribution in [0, 0.1) is 11.6 Å². The number of hydrogen-bond donors (Lipinski definition) is 2. The normalized spacial score (nSPS) is 14.3. The largest absolute Gasteiger partial charge is 0.435 e. The van der Waals surface area contributed by atoms with Gasteiger partial charge in [-0.25, -0.2) is 13.6 Å². The van der Waals surface area contributed by atoms with Crippen molar-refractivity contribution in [2.24, 2.45) is 0 Å². The van der Waals surface area contributed by atoms with E-state index in [0.717, 1.165) is 31.0 Å². The zero-order valence-corrected chi connectivity index (χ0v) is 14.1. The van der Waals surface area contributed by atoms with Gasteiger partial charge in [-0.3, -0.25) is 4.68 Å². The van der Waals surface area contributed by atoms with Gasteiger partial charge in [0.25, 0.3) is 0 Å². The van der Waals surface area contributed by atoms with E-state index in [-0.39, 0.29) is 24.7 Å². The summed E-state index contributed by atoms with van der Waals surface area (Å²) in [4.78, 5) is 11.7. The van der Waals surface area contributed by atoms with Crippen molar-refractivity contribution in [2.75, 3.05) is 11.9 Å². The van der Waals surface area contributed by atoms with Gasteiger partial charge in [-0.05, 0) is 37.5 Å². The molecule has 1 saturated carbocycles. The molecule has 0 saturated heterocycles. The van der Waals surface area contributed by atoms with Crippen LogP contribution < -0.4 is 10.6 Å². The van der Waals surface area contributed by atoms with E-state index < -0.39 is 29.5 Å². The van der Waals surface area contributed by atoms with Crippen LogP contribution in [-0.2, 0) is 12.7 Å². The molecule has 27 heavy (non-hydrogen) atoms. The number of carbonyl (C=O) groups is 1. The van der Waals surface area contributed by atoms with Gasteiger partial charge in [0.15, 0.2) is 5.69 Å². The average molecular weight is 388 g/mol. The number of aromatic nitrogens is 2. The lowest BCUT2D eigenvalue weighted by Gasteiger charge is -2.10. The van der Waals surface area contributed by atoms with Gasteiger partial charge in [0, 0.05) is 30.8 Å². The molecular weight excluding hydrogens is 371 g/mol. The molecule has 2 aromatic rings. The maximum Gasteiger partial charge on any atom is 0.435 e. The third-order valence-corrected chi connectivity index (χ3v) is 4.11. The molecule has 0 spiro atoms. The molecule has 1 aromatic heterocycles. The first-order chi connectivity index (χ1) is 12.7. The quantitative estimate of drug-likeness (QED) is 0.574. The third-order valence-electron chi connectivity index (χ3n) is 4.11. The SMILES string of the molecule is O=C(NCCCn1nc(C(F)(F)F)cc1C1CC1)Nc1ccc(F)cc1F. The van der Waals surface area contributed by atoms with Crippen LogP contribution in [0.5, 0.6) is 0 Å². The number of rotatable bonds is 6. The van der Waals surface area contributed by atoms with E-state index in [1.807, 2.05) is 0 Å². The number of carbonyl (C=O) groups excluding carboxylic acids is 1. The zero-order chi connectivity index (χ0) is 19.6. The Labute approximate surface area is 151 Å². The molecular formula is C17H17F5N4O. The van der Waals surface area contributed by atoms with Gasteiger partial charge in [-0.1, -0.05) is 0 Å². The zero-order valence-electron chi connectivity index (χ0n) is 14.1. The van der Waals surface area contributed by atoms with Crippen molar-refractivity contribution >= 4 is 11.7 Å². The van der Waals surface area contributed by atoms with Crippen molar-refractivity contribution in [1.29, 1.82) is 0 Å². The minimum Gasteiger partial charge on any atom is -0.338 e. The van der Waals surface area contributed by atoms with E-state index in [9.17, 15) is 26.7 Å². The van der Waals surface area contributed by atoms with E-state index in [1.165, 1.54) is 4.68 Å². The van der Waals surface area contributed by atoms with Gasteiger partial charge in [0.1, 0.15) is 11.6 Å². The van der Waals surface area contributed by atoms with Gasteiger partial charge in [0.2, 0.25) is 0 Å². The predicted octanol–water partition coefficient (Wildman–Crippen LogP) is 4.27. The Bertz CT molecular complexity index is 829. The number of nitrogens with one attached hydrogen (secondary N) is 2. The van der Waals surface area contributed by atoms with Crippen molar-refractivity contribution in [3.63, 3.8) is 0 Å². The highest BCUT2D eigenvalue weighted by atomic mass is 19.4. The smallest absolute Gasteiger partial charge is 0.338 e. The van der Waals surface area contributed by atoms with Gasteiger partial charge in [0.05, 0.1) is 5.69 Å². The second kappa shape index (κ2) is 7.53. The molecule has 0 aliphatic heterocycles. The lowest BCUT2D eigenvalue weighted by atomic mass is 10.2. The van der Waals surface area contributed by atoms with Crippen LogP contribution in [0.4, 0.5) is 32.4 Å². The number of alkyl halides is 3. The van der Waals surface area contributed by atoms with Crippen molar-refractivity contribution in [3.05, 3.63) is 47.3 Å². The van der Waals surface area contributed by atoms with Crippen LogP contribution in [0.1, 0.15) is 36.6 Å². The molecule has 2 amide bonds. The highest BCUT2D eigenvalue weighted by molar-refractivity contribution is 5.89. The number of anilines is 1. The molecule has 10 heteroatoms. The summed E-state index contributed by atoms with van der Waals surface area (Å²) in [7, 11) is 0.